The van der Waals surface area contributed by atoms with Gasteiger partial charge in [-0.3, -0.25) is 5.10 Å². The lowest BCUT2D eigenvalue weighted by Crippen LogP contribution is -1.96. The molecule has 0 atom stereocenters. The van der Waals surface area contributed by atoms with Gasteiger partial charge in [-0.05, 0) is 32.0 Å². The van der Waals surface area contributed by atoms with Crippen molar-refractivity contribution in [2.45, 2.75) is 13.8 Å². The van der Waals surface area contributed by atoms with Gasteiger partial charge in [-0.25, -0.2) is 4.79 Å². The second-order valence-electron chi connectivity index (χ2n) is 3.94. The van der Waals surface area contributed by atoms with Crippen molar-refractivity contribution in [3.8, 4) is 11.5 Å². The largest absolute Gasteiger partial charge is 0.504 e. The van der Waals surface area contributed by atoms with Crippen LogP contribution in [0.25, 0.3) is 0 Å². The summed E-state index contributed by atoms with van der Waals surface area (Å²) in [6, 6.07) is 3.85. The summed E-state index contributed by atoms with van der Waals surface area (Å²) < 4.78 is 4.72. The molecule has 0 amide bonds. The summed E-state index contributed by atoms with van der Waals surface area (Å²) in [4.78, 5) is 10.4. The van der Waals surface area contributed by atoms with E-state index in [0.717, 1.165) is 16.4 Å². The maximum atomic E-state index is 10.4. The lowest BCUT2D eigenvalue weighted by Gasteiger charge is -2.02. The van der Waals surface area contributed by atoms with Crippen molar-refractivity contribution in [3.63, 3.8) is 0 Å². The fourth-order valence-corrected chi connectivity index (χ4v) is 1.43. The first-order valence-corrected chi connectivity index (χ1v) is 6.02. The molecule has 0 radical (unpaired) electrons. The molecule has 20 heavy (non-hydrogen) atoms. The molecular formula is C13H15ClN2O4. The van der Waals surface area contributed by atoms with Crippen LogP contribution in [0.3, 0.4) is 0 Å². The number of ether oxygens (including phenoxy) is 1. The van der Waals surface area contributed by atoms with E-state index in [1.54, 1.807) is 0 Å². The number of nitrogens with zero attached hydrogens (tertiary/aromatic N) is 1. The molecular weight excluding hydrogens is 284 g/mol. The van der Waals surface area contributed by atoms with E-state index >= 15 is 0 Å². The number of benzene rings is 1. The number of nitrogens with one attached hydrogen (secondary N) is 1. The van der Waals surface area contributed by atoms with E-state index in [0.29, 0.717) is 0 Å². The van der Waals surface area contributed by atoms with Gasteiger partial charge in [-0.2, -0.15) is 5.10 Å². The highest BCUT2D eigenvalue weighted by Crippen LogP contribution is 2.25. The molecule has 7 heteroatoms. The summed E-state index contributed by atoms with van der Waals surface area (Å²) in [5.74, 6) is -0.953. The summed E-state index contributed by atoms with van der Waals surface area (Å²) in [6.45, 7) is 3.76. The van der Waals surface area contributed by atoms with Crippen LogP contribution in [0.15, 0.2) is 18.2 Å². The minimum absolute atomic E-state index is 0.0671. The van der Waals surface area contributed by atoms with Gasteiger partial charge in [0, 0.05) is 0 Å². The Hall–Kier alpha value is -2.21. The molecule has 1 aromatic carbocycles. The number of phenolic OH excluding ortho intramolecular Hbond substituents is 1. The van der Waals surface area contributed by atoms with Crippen molar-refractivity contribution < 1.29 is 19.7 Å². The summed E-state index contributed by atoms with van der Waals surface area (Å²) >= 11 is 5.70. The normalized spacial score (nSPS) is 9.60. The number of phenols is 1. The highest BCUT2D eigenvalue weighted by atomic mass is 35.5. The number of H-pyrrole nitrogens is 1. The number of halogens is 1. The molecule has 0 saturated carbocycles. The molecule has 0 unspecified atom stereocenters. The minimum Gasteiger partial charge on any atom is -0.504 e. The van der Waals surface area contributed by atoms with Gasteiger partial charge in [-0.15, -0.1) is 0 Å². The molecule has 3 N–H and O–H groups in total. The molecule has 0 bridgehead atoms. The Bertz CT molecular complexity index is 591. The standard InChI is InChI=1S/C8H8O4.C5H7ClN2/c1-12-7-4-5(8(10)11)2-3-6(7)9;1-3-5(6)4(2)8-7-3/h2-4,9H,1H3,(H,10,11);1-2H3,(H,7,8). The van der Waals surface area contributed by atoms with Crippen LogP contribution in [0.2, 0.25) is 5.02 Å². The van der Waals surface area contributed by atoms with E-state index < -0.39 is 5.97 Å². The van der Waals surface area contributed by atoms with Crippen LogP contribution in [-0.4, -0.2) is 33.5 Å². The molecule has 0 saturated heterocycles. The molecule has 108 valence electrons. The van der Waals surface area contributed by atoms with E-state index in [1.165, 1.54) is 25.3 Å². The van der Waals surface area contributed by atoms with Crippen LogP contribution >= 0.6 is 11.6 Å². The number of aryl methyl sites for hydroxylation is 2. The molecule has 0 aliphatic rings. The lowest BCUT2D eigenvalue weighted by molar-refractivity contribution is 0.0696. The highest BCUT2D eigenvalue weighted by molar-refractivity contribution is 6.31. The minimum atomic E-state index is -1.05. The van der Waals surface area contributed by atoms with Gasteiger partial charge < -0.3 is 14.9 Å². The third kappa shape index (κ3) is 3.89. The van der Waals surface area contributed by atoms with Gasteiger partial charge in [0.25, 0.3) is 0 Å². The predicted octanol–water partition coefficient (Wildman–Crippen LogP) is 2.78. The SMILES string of the molecule is COc1cc(C(=O)O)ccc1O.Cc1n[nH]c(C)c1Cl. The second kappa shape index (κ2) is 6.81. The summed E-state index contributed by atoms with van der Waals surface area (Å²) in [5, 5.41) is 25.0. The Morgan fingerprint density at radius 1 is 1.40 bits per heavy atom. The Labute approximate surface area is 121 Å². The Morgan fingerprint density at radius 2 is 2.05 bits per heavy atom. The van der Waals surface area contributed by atoms with Gasteiger partial charge in [0.2, 0.25) is 0 Å². The van der Waals surface area contributed by atoms with Gasteiger partial charge in [-0.1, -0.05) is 11.6 Å². The molecule has 0 aliphatic carbocycles. The number of hydrogen-bond donors (Lipinski definition) is 3. The number of aromatic hydroxyl groups is 1. The number of aromatic amines is 1. The quantitative estimate of drug-likeness (QED) is 0.792. The first-order valence-electron chi connectivity index (χ1n) is 5.64. The summed E-state index contributed by atoms with van der Waals surface area (Å²) in [7, 11) is 1.36. The monoisotopic (exact) mass is 298 g/mol. The van der Waals surface area contributed by atoms with E-state index in [1.807, 2.05) is 13.8 Å². The Balaban J connectivity index is 0.000000217. The van der Waals surface area contributed by atoms with Crippen molar-refractivity contribution >= 4 is 17.6 Å². The third-order valence-corrected chi connectivity index (χ3v) is 3.02. The first-order chi connectivity index (χ1) is 9.36. The average molecular weight is 299 g/mol. The number of aromatic nitrogens is 2. The average Bonchev–Trinajstić information content (AvgIpc) is 2.71. The van der Waals surface area contributed by atoms with Crippen LogP contribution in [0.4, 0.5) is 0 Å². The number of carboxylic acids is 1. The zero-order valence-electron chi connectivity index (χ0n) is 11.3. The molecule has 0 aliphatic heterocycles. The maximum absolute atomic E-state index is 10.4. The van der Waals surface area contributed by atoms with Crippen LogP contribution < -0.4 is 4.74 Å². The predicted molar refractivity (Wildman–Crippen MR) is 74.7 cm³/mol. The number of rotatable bonds is 2. The molecule has 6 nitrogen and oxygen atoms in total. The highest BCUT2D eigenvalue weighted by Gasteiger charge is 2.06. The first kappa shape index (κ1) is 15.8. The van der Waals surface area contributed by atoms with Gasteiger partial charge in [0.1, 0.15) is 0 Å². The molecule has 0 fully saturated rings. The van der Waals surface area contributed by atoms with Gasteiger partial charge in [0.05, 0.1) is 29.1 Å². The number of hydrogen-bond acceptors (Lipinski definition) is 4. The van der Waals surface area contributed by atoms with Crippen molar-refractivity contribution in [1.82, 2.24) is 10.2 Å². The topological polar surface area (TPSA) is 95.4 Å². The second-order valence-corrected chi connectivity index (χ2v) is 4.32. The molecule has 1 heterocycles. The number of methoxy groups -OCH3 is 1. The smallest absolute Gasteiger partial charge is 0.335 e. The lowest BCUT2D eigenvalue weighted by atomic mass is 10.2. The van der Waals surface area contributed by atoms with E-state index in [2.05, 4.69) is 10.2 Å². The van der Waals surface area contributed by atoms with Crippen molar-refractivity contribution in [1.29, 1.82) is 0 Å². The molecule has 2 aromatic rings. The fourth-order valence-electron chi connectivity index (χ4n) is 1.35. The fraction of sp³-hybridized carbons (Fsp3) is 0.231. The van der Waals surface area contributed by atoms with Crippen molar-refractivity contribution in [3.05, 3.63) is 40.2 Å². The zero-order valence-corrected chi connectivity index (χ0v) is 12.0. The summed E-state index contributed by atoms with van der Waals surface area (Å²) in [5.41, 5.74) is 1.89. The van der Waals surface area contributed by atoms with Gasteiger partial charge in [0.15, 0.2) is 11.5 Å². The van der Waals surface area contributed by atoms with Crippen LogP contribution in [0, 0.1) is 13.8 Å². The van der Waals surface area contributed by atoms with E-state index in [9.17, 15) is 4.79 Å². The van der Waals surface area contributed by atoms with Gasteiger partial charge >= 0.3 is 5.97 Å². The van der Waals surface area contributed by atoms with Crippen molar-refractivity contribution in [2.75, 3.05) is 7.11 Å². The van der Waals surface area contributed by atoms with Crippen LogP contribution in [0.5, 0.6) is 11.5 Å². The number of aromatic carboxylic acids is 1. The molecule has 1 aromatic heterocycles. The zero-order chi connectivity index (χ0) is 15.3. The molecule has 2 rings (SSSR count). The third-order valence-electron chi connectivity index (χ3n) is 2.46. The number of carbonyl (C=O) groups is 1. The van der Waals surface area contributed by atoms with Crippen LogP contribution in [0.1, 0.15) is 21.7 Å². The maximum Gasteiger partial charge on any atom is 0.335 e. The molecule has 0 spiro atoms. The van der Waals surface area contributed by atoms with Crippen molar-refractivity contribution in [2.24, 2.45) is 0 Å². The summed E-state index contributed by atoms with van der Waals surface area (Å²) in [6.07, 6.45) is 0. The Morgan fingerprint density at radius 3 is 2.40 bits per heavy atom. The Kier molecular flexibility index (Phi) is 5.40. The number of carboxylic acid groups (broad SMARTS) is 1. The van der Waals surface area contributed by atoms with Crippen LogP contribution in [-0.2, 0) is 0 Å². The van der Waals surface area contributed by atoms with E-state index in [4.69, 9.17) is 26.6 Å². The van der Waals surface area contributed by atoms with E-state index in [-0.39, 0.29) is 17.1 Å².